The number of benzene rings is 2. The van der Waals surface area contributed by atoms with Crippen LogP contribution in [0.2, 0.25) is 0 Å². The molecule has 2 aromatic carbocycles. The molecule has 21 heavy (non-hydrogen) atoms. The monoisotopic (exact) mass is 287 g/mol. The number of hydrogen-bond donors (Lipinski definition) is 1. The number of nitro benzene ring substituents is 1. The molecule has 0 saturated carbocycles. The van der Waals surface area contributed by atoms with E-state index in [1.165, 1.54) is 6.07 Å². The molecule has 0 aliphatic rings. The zero-order valence-corrected chi connectivity index (χ0v) is 12.2. The third-order valence-corrected chi connectivity index (χ3v) is 3.28. The van der Waals surface area contributed by atoms with Crippen LogP contribution < -0.4 is 4.74 Å². The van der Waals surface area contributed by atoms with Gasteiger partial charge in [-0.3, -0.25) is 10.1 Å². The van der Waals surface area contributed by atoms with E-state index in [4.69, 9.17) is 4.74 Å². The van der Waals surface area contributed by atoms with E-state index in [0.29, 0.717) is 22.6 Å². The quantitative estimate of drug-likeness (QED) is 0.680. The number of aliphatic hydroxyl groups excluding tert-OH is 1. The van der Waals surface area contributed by atoms with Crippen molar-refractivity contribution in [3.8, 4) is 11.5 Å². The number of hydrogen-bond acceptors (Lipinski definition) is 4. The lowest BCUT2D eigenvalue weighted by Crippen LogP contribution is -1.96. The molecule has 1 atom stereocenters. The Bertz CT molecular complexity index is 663. The van der Waals surface area contributed by atoms with Gasteiger partial charge in [-0.1, -0.05) is 12.1 Å². The molecule has 2 rings (SSSR count). The van der Waals surface area contributed by atoms with E-state index < -0.39 is 11.0 Å². The third-order valence-electron chi connectivity index (χ3n) is 3.28. The molecule has 0 unspecified atom stereocenters. The van der Waals surface area contributed by atoms with Crippen molar-refractivity contribution in [2.45, 2.75) is 26.9 Å². The van der Waals surface area contributed by atoms with Crippen LogP contribution in [0.3, 0.4) is 0 Å². The van der Waals surface area contributed by atoms with Crippen molar-refractivity contribution < 1.29 is 14.8 Å². The highest BCUT2D eigenvalue weighted by atomic mass is 16.6. The molecule has 1 N–H and O–H groups in total. The van der Waals surface area contributed by atoms with Crippen LogP contribution >= 0.6 is 0 Å². The summed E-state index contributed by atoms with van der Waals surface area (Å²) < 4.78 is 5.76. The number of nitrogens with zero attached hydrogens (tertiary/aromatic N) is 1. The fourth-order valence-electron chi connectivity index (χ4n) is 2.02. The van der Waals surface area contributed by atoms with E-state index in [9.17, 15) is 15.2 Å². The average molecular weight is 287 g/mol. The average Bonchev–Trinajstić information content (AvgIpc) is 2.42. The molecule has 0 aromatic heterocycles. The molecule has 0 fully saturated rings. The van der Waals surface area contributed by atoms with Gasteiger partial charge in [-0.25, -0.2) is 0 Å². The van der Waals surface area contributed by atoms with Gasteiger partial charge in [-0.05, 0) is 50.1 Å². The van der Waals surface area contributed by atoms with Crippen molar-refractivity contribution in [2.75, 3.05) is 0 Å². The number of aryl methyl sites for hydroxylation is 2. The number of ether oxygens (including phenoxy) is 1. The first-order chi connectivity index (χ1) is 9.88. The zero-order valence-electron chi connectivity index (χ0n) is 12.2. The first kappa shape index (κ1) is 15.0. The summed E-state index contributed by atoms with van der Waals surface area (Å²) in [5.41, 5.74) is 2.15. The molecule has 0 amide bonds. The lowest BCUT2D eigenvalue weighted by Gasteiger charge is -2.11. The van der Waals surface area contributed by atoms with Crippen LogP contribution in [-0.2, 0) is 0 Å². The van der Waals surface area contributed by atoms with Gasteiger partial charge in [-0.15, -0.1) is 0 Å². The Balaban J connectivity index is 2.27. The Labute approximate surface area is 123 Å². The molecule has 0 aliphatic carbocycles. The molecule has 0 saturated heterocycles. The predicted molar refractivity (Wildman–Crippen MR) is 79.7 cm³/mol. The van der Waals surface area contributed by atoms with Crippen molar-refractivity contribution in [1.29, 1.82) is 0 Å². The van der Waals surface area contributed by atoms with E-state index in [1.54, 1.807) is 51.1 Å². The Hall–Kier alpha value is -2.40. The summed E-state index contributed by atoms with van der Waals surface area (Å²) in [5, 5.41) is 20.3. The maximum Gasteiger partial charge on any atom is 0.272 e. The van der Waals surface area contributed by atoms with Gasteiger partial charge in [0.25, 0.3) is 5.69 Å². The maximum absolute atomic E-state index is 10.9. The summed E-state index contributed by atoms with van der Waals surface area (Å²) in [6.07, 6.45) is -0.526. The highest BCUT2D eigenvalue weighted by molar-refractivity contribution is 5.50. The van der Waals surface area contributed by atoms with Crippen LogP contribution in [0.15, 0.2) is 36.4 Å². The predicted octanol–water partition coefficient (Wildman–Crippen LogP) is 4.06. The summed E-state index contributed by atoms with van der Waals surface area (Å²) in [7, 11) is 0. The second-order valence-corrected chi connectivity index (χ2v) is 5.01. The standard InChI is InChI=1S/C16H17NO4/c1-10-9-16(11(2)8-15(10)17(19)20)21-14-6-4-13(5-7-14)12(3)18/h4-9,12,18H,1-3H3/t12-/m1/s1. The molecule has 2 aromatic rings. The van der Waals surface area contributed by atoms with Crippen molar-refractivity contribution in [3.63, 3.8) is 0 Å². The van der Waals surface area contributed by atoms with E-state index in [1.807, 2.05) is 0 Å². The van der Waals surface area contributed by atoms with E-state index in [0.717, 1.165) is 5.56 Å². The van der Waals surface area contributed by atoms with Gasteiger partial charge >= 0.3 is 0 Å². The smallest absolute Gasteiger partial charge is 0.272 e. The highest BCUT2D eigenvalue weighted by Crippen LogP contribution is 2.31. The van der Waals surface area contributed by atoms with Crippen molar-refractivity contribution in [2.24, 2.45) is 0 Å². The second-order valence-electron chi connectivity index (χ2n) is 5.01. The fourth-order valence-corrected chi connectivity index (χ4v) is 2.02. The van der Waals surface area contributed by atoms with E-state index >= 15 is 0 Å². The van der Waals surface area contributed by atoms with Crippen LogP contribution in [0.5, 0.6) is 11.5 Å². The molecule has 0 radical (unpaired) electrons. The Kier molecular flexibility index (Phi) is 4.23. The molecule has 5 heteroatoms. The molecule has 0 aliphatic heterocycles. The summed E-state index contributed by atoms with van der Waals surface area (Å²) >= 11 is 0. The van der Waals surface area contributed by atoms with Gasteiger partial charge in [0.05, 0.1) is 11.0 Å². The lowest BCUT2D eigenvalue weighted by molar-refractivity contribution is -0.385. The van der Waals surface area contributed by atoms with Gasteiger partial charge in [0, 0.05) is 11.6 Å². The van der Waals surface area contributed by atoms with Gasteiger partial charge in [0.15, 0.2) is 0 Å². The number of aliphatic hydroxyl groups is 1. The fraction of sp³-hybridized carbons (Fsp3) is 0.250. The first-order valence-electron chi connectivity index (χ1n) is 6.60. The first-order valence-corrected chi connectivity index (χ1v) is 6.60. The van der Waals surface area contributed by atoms with Crippen LogP contribution in [0.25, 0.3) is 0 Å². The zero-order chi connectivity index (χ0) is 15.6. The summed E-state index contributed by atoms with van der Waals surface area (Å²) in [4.78, 5) is 10.5. The highest BCUT2D eigenvalue weighted by Gasteiger charge is 2.14. The molecular formula is C16H17NO4. The van der Waals surface area contributed by atoms with Gasteiger partial charge < -0.3 is 9.84 Å². The van der Waals surface area contributed by atoms with Gasteiger partial charge in [0.1, 0.15) is 11.5 Å². The lowest BCUT2D eigenvalue weighted by atomic mass is 10.1. The Morgan fingerprint density at radius 1 is 1.14 bits per heavy atom. The molecule has 0 spiro atoms. The van der Waals surface area contributed by atoms with Crippen molar-refractivity contribution >= 4 is 5.69 Å². The minimum Gasteiger partial charge on any atom is -0.457 e. The Morgan fingerprint density at radius 3 is 2.29 bits per heavy atom. The van der Waals surface area contributed by atoms with Crippen LogP contribution in [-0.4, -0.2) is 10.0 Å². The van der Waals surface area contributed by atoms with Gasteiger partial charge in [0.2, 0.25) is 0 Å². The normalized spacial score (nSPS) is 12.0. The van der Waals surface area contributed by atoms with Crippen molar-refractivity contribution in [3.05, 3.63) is 63.2 Å². The largest absolute Gasteiger partial charge is 0.457 e. The summed E-state index contributed by atoms with van der Waals surface area (Å²) in [5.74, 6) is 1.21. The molecule has 0 heterocycles. The van der Waals surface area contributed by atoms with E-state index in [-0.39, 0.29) is 5.69 Å². The van der Waals surface area contributed by atoms with Crippen LogP contribution in [0.1, 0.15) is 29.7 Å². The maximum atomic E-state index is 10.9. The van der Waals surface area contributed by atoms with E-state index in [2.05, 4.69) is 0 Å². The molecule has 5 nitrogen and oxygen atoms in total. The Morgan fingerprint density at radius 2 is 1.76 bits per heavy atom. The molecule has 110 valence electrons. The minimum atomic E-state index is -0.526. The summed E-state index contributed by atoms with van der Waals surface area (Å²) in [6.45, 7) is 5.15. The van der Waals surface area contributed by atoms with Gasteiger partial charge in [-0.2, -0.15) is 0 Å². The van der Waals surface area contributed by atoms with Crippen LogP contribution in [0.4, 0.5) is 5.69 Å². The summed E-state index contributed by atoms with van der Waals surface area (Å²) in [6, 6.07) is 10.3. The minimum absolute atomic E-state index is 0.0873. The van der Waals surface area contributed by atoms with Crippen LogP contribution in [0, 0.1) is 24.0 Å². The SMILES string of the molecule is Cc1cc([N+](=O)[O-])c(C)cc1Oc1ccc([C@@H](C)O)cc1. The molecular weight excluding hydrogens is 270 g/mol. The number of rotatable bonds is 4. The second kappa shape index (κ2) is 5.93. The third kappa shape index (κ3) is 3.38. The topological polar surface area (TPSA) is 72.6 Å². The number of nitro groups is 1. The van der Waals surface area contributed by atoms with Crippen molar-refractivity contribution in [1.82, 2.24) is 0 Å². The molecule has 0 bridgehead atoms.